The van der Waals surface area contributed by atoms with E-state index in [9.17, 15) is 4.79 Å². The molecule has 5 heteroatoms. The first-order valence-corrected chi connectivity index (χ1v) is 7.56. The van der Waals surface area contributed by atoms with E-state index in [4.69, 9.17) is 5.73 Å². The van der Waals surface area contributed by atoms with Gasteiger partial charge in [0.2, 0.25) is 0 Å². The van der Waals surface area contributed by atoms with Crippen LogP contribution in [0.3, 0.4) is 0 Å². The Morgan fingerprint density at radius 1 is 1.53 bits per heavy atom. The van der Waals surface area contributed by atoms with Crippen LogP contribution < -0.4 is 11.1 Å². The summed E-state index contributed by atoms with van der Waals surface area (Å²) in [5.74, 6) is 2.16. The predicted octanol–water partition coefficient (Wildman–Crippen LogP) is 2.66. The van der Waals surface area contributed by atoms with Crippen LogP contribution in [0.25, 0.3) is 0 Å². The van der Waals surface area contributed by atoms with E-state index in [1.54, 1.807) is 18.2 Å². The number of nitrogens with two attached hydrogens (primary N) is 1. The highest BCUT2D eigenvalue weighted by molar-refractivity contribution is 9.10. The maximum absolute atomic E-state index is 12.1. The summed E-state index contributed by atoms with van der Waals surface area (Å²) in [6.45, 7) is 0. The predicted molar refractivity (Wildman–Crippen MR) is 76.4 cm³/mol. The van der Waals surface area contributed by atoms with Crippen molar-refractivity contribution in [1.82, 2.24) is 5.32 Å². The fraction of sp³-hybridized carbons (Fsp3) is 0.417. The normalized spacial score (nSPS) is 19.9. The second kappa shape index (κ2) is 5.78. The summed E-state index contributed by atoms with van der Waals surface area (Å²) in [7, 11) is 0. The van der Waals surface area contributed by atoms with E-state index in [1.807, 2.05) is 11.8 Å². The van der Waals surface area contributed by atoms with Crippen molar-refractivity contribution in [2.75, 3.05) is 17.2 Å². The molecule has 1 heterocycles. The van der Waals surface area contributed by atoms with Gasteiger partial charge in [0, 0.05) is 17.5 Å². The van der Waals surface area contributed by atoms with E-state index in [1.165, 1.54) is 12.2 Å². The molecule has 1 unspecified atom stereocenters. The molecule has 1 atom stereocenters. The summed E-state index contributed by atoms with van der Waals surface area (Å²) in [6.07, 6.45) is 2.24. The molecule has 1 aliphatic rings. The molecule has 0 bridgehead atoms. The van der Waals surface area contributed by atoms with Crippen LogP contribution in [0.4, 0.5) is 5.69 Å². The molecule has 1 saturated heterocycles. The molecule has 0 aliphatic carbocycles. The number of hydrogen-bond acceptors (Lipinski definition) is 3. The largest absolute Gasteiger partial charge is 0.398 e. The molecule has 3 N–H and O–H groups in total. The molecule has 1 amide bonds. The van der Waals surface area contributed by atoms with Crippen LogP contribution >= 0.6 is 27.7 Å². The van der Waals surface area contributed by atoms with E-state index in [-0.39, 0.29) is 11.9 Å². The number of rotatable bonds is 2. The summed E-state index contributed by atoms with van der Waals surface area (Å²) >= 11 is 5.25. The number of amides is 1. The molecule has 1 aromatic carbocycles. The molecule has 92 valence electrons. The molecular weight excluding hydrogens is 300 g/mol. The molecule has 0 saturated carbocycles. The van der Waals surface area contributed by atoms with Crippen LogP contribution in [0.1, 0.15) is 23.2 Å². The Morgan fingerprint density at radius 2 is 2.35 bits per heavy atom. The van der Waals surface area contributed by atoms with Crippen LogP contribution in [0, 0.1) is 0 Å². The van der Waals surface area contributed by atoms with E-state index >= 15 is 0 Å². The van der Waals surface area contributed by atoms with Crippen molar-refractivity contribution < 1.29 is 4.79 Å². The summed E-state index contributed by atoms with van der Waals surface area (Å²) in [5.41, 5.74) is 6.97. The molecule has 1 aliphatic heterocycles. The Balaban J connectivity index is 2.06. The van der Waals surface area contributed by atoms with Crippen molar-refractivity contribution in [3.63, 3.8) is 0 Å². The van der Waals surface area contributed by atoms with Crippen LogP contribution in [0.15, 0.2) is 22.7 Å². The van der Waals surface area contributed by atoms with Gasteiger partial charge in [-0.25, -0.2) is 0 Å². The third-order valence-corrected chi connectivity index (χ3v) is 4.87. The maximum atomic E-state index is 12.1. The first-order chi connectivity index (χ1) is 8.18. The highest BCUT2D eigenvalue weighted by Gasteiger charge is 2.18. The lowest BCUT2D eigenvalue weighted by atomic mass is 10.1. The highest BCUT2D eigenvalue weighted by atomic mass is 79.9. The monoisotopic (exact) mass is 314 g/mol. The van der Waals surface area contributed by atoms with Crippen LogP contribution in [0.5, 0.6) is 0 Å². The summed E-state index contributed by atoms with van der Waals surface area (Å²) in [6, 6.07) is 5.64. The van der Waals surface area contributed by atoms with Crippen LogP contribution in [-0.4, -0.2) is 23.5 Å². The number of thioether (sulfide) groups is 1. The second-order valence-electron chi connectivity index (χ2n) is 4.10. The number of carbonyl (C=O) groups is 1. The van der Waals surface area contributed by atoms with Gasteiger partial charge in [0.05, 0.1) is 10.0 Å². The molecule has 17 heavy (non-hydrogen) atoms. The van der Waals surface area contributed by atoms with E-state index in [0.29, 0.717) is 15.7 Å². The van der Waals surface area contributed by atoms with Gasteiger partial charge in [0.1, 0.15) is 0 Å². The minimum absolute atomic E-state index is 0.0447. The summed E-state index contributed by atoms with van der Waals surface area (Å²) in [4.78, 5) is 12.1. The van der Waals surface area contributed by atoms with Crippen molar-refractivity contribution in [3.8, 4) is 0 Å². The lowest BCUT2D eigenvalue weighted by Crippen LogP contribution is -2.38. The van der Waals surface area contributed by atoms with Gasteiger partial charge in [0.25, 0.3) is 5.91 Å². The number of carbonyl (C=O) groups excluding carboxylic acids is 1. The van der Waals surface area contributed by atoms with Gasteiger partial charge in [0.15, 0.2) is 0 Å². The van der Waals surface area contributed by atoms with Gasteiger partial charge in [-0.15, -0.1) is 0 Å². The van der Waals surface area contributed by atoms with Crippen LogP contribution in [0.2, 0.25) is 0 Å². The van der Waals surface area contributed by atoms with Crippen molar-refractivity contribution in [3.05, 3.63) is 28.2 Å². The van der Waals surface area contributed by atoms with Crippen molar-refractivity contribution in [1.29, 1.82) is 0 Å². The van der Waals surface area contributed by atoms with Gasteiger partial charge in [-0.3, -0.25) is 4.79 Å². The Morgan fingerprint density at radius 3 is 3.06 bits per heavy atom. The number of halogens is 1. The Hall–Kier alpha value is -0.680. The third kappa shape index (κ3) is 3.16. The zero-order valence-electron chi connectivity index (χ0n) is 9.41. The molecule has 3 nitrogen and oxygen atoms in total. The Bertz CT molecular complexity index is 419. The van der Waals surface area contributed by atoms with Gasteiger partial charge in [-0.2, -0.15) is 11.8 Å². The minimum atomic E-state index is -0.0447. The molecule has 0 aromatic heterocycles. The quantitative estimate of drug-likeness (QED) is 0.825. The Labute approximate surface area is 114 Å². The SMILES string of the molecule is Nc1cccc(C(=O)NC2CCCSC2)c1Br. The lowest BCUT2D eigenvalue weighted by Gasteiger charge is -2.22. The average molecular weight is 315 g/mol. The van der Waals surface area contributed by atoms with E-state index < -0.39 is 0 Å². The maximum Gasteiger partial charge on any atom is 0.252 e. The number of nitrogen functional groups attached to an aromatic ring is 1. The molecule has 0 spiro atoms. The van der Waals surface area contributed by atoms with Crippen LogP contribution in [-0.2, 0) is 0 Å². The lowest BCUT2D eigenvalue weighted by molar-refractivity contribution is 0.0938. The van der Waals surface area contributed by atoms with Crippen molar-refractivity contribution in [2.45, 2.75) is 18.9 Å². The second-order valence-corrected chi connectivity index (χ2v) is 6.04. The summed E-state index contributed by atoms with van der Waals surface area (Å²) < 4.78 is 0.681. The van der Waals surface area contributed by atoms with Gasteiger partial charge in [-0.1, -0.05) is 6.07 Å². The fourth-order valence-electron chi connectivity index (χ4n) is 1.84. The highest BCUT2D eigenvalue weighted by Crippen LogP contribution is 2.24. The zero-order valence-corrected chi connectivity index (χ0v) is 11.8. The molecule has 1 fully saturated rings. The van der Waals surface area contributed by atoms with Crippen molar-refractivity contribution >= 4 is 39.3 Å². The number of nitrogens with one attached hydrogen (secondary N) is 1. The Kier molecular flexibility index (Phi) is 4.34. The van der Waals surface area contributed by atoms with Crippen molar-refractivity contribution in [2.24, 2.45) is 0 Å². The average Bonchev–Trinajstić information content (AvgIpc) is 2.34. The van der Waals surface area contributed by atoms with E-state index in [0.717, 1.165) is 12.2 Å². The first kappa shape index (κ1) is 12.8. The molecule has 2 rings (SSSR count). The van der Waals surface area contributed by atoms with Gasteiger partial charge in [-0.05, 0) is 46.7 Å². The minimum Gasteiger partial charge on any atom is -0.398 e. The summed E-state index contributed by atoms with van der Waals surface area (Å²) in [5, 5.41) is 3.06. The zero-order chi connectivity index (χ0) is 12.3. The third-order valence-electron chi connectivity index (χ3n) is 2.77. The molecule has 0 radical (unpaired) electrons. The fourth-order valence-corrected chi connectivity index (χ4v) is 3.36. The molecule has 1 aromatic rings. The smallest absolute Gasteiger partial charge is 0.252 e. The number of anilines is 1. The van der Waals surface area contributed by atoms with Gasteiger partial charge < -0.3 is 11.1 Å². The topological polar surface area (TPSA) is 55.1 Å². The van der Waals surface area contributed by atoms with E-state index in [2.05, 4.69) is 21.2 Å². The standard InChI is InChI=1S/C12H15BrN2OS/c13-11-9(4-1-5-10(11)14)12(16)15-8-3-2-6-17-7-8/h1,4-5,8H,2-3,6-7,14H2,(H,15,16). The first-order valence-electron chi connectivity index (χ1n) is 5.61. The number of hydrogen-bond donors (Lipinski definition) is 2. The molecular formula is C12H15BrN2OS. The van der Waals surface area contributed by atoms with Gasteiger partial charge >= 0.3 is 0 Å². The number of benzene rings is 1.